The molecule has 5 nitrogen and oxygen atoms in total. The van der Waals surface area contributed by atoms with E-state index in [1.165, 1.54) is 7.11 Å². The van der Waals surface area contributed by atoms with Crippen molar-refractivity contribution in [3.8, 4) is 0 Å². The van der Waals surface area contributed by atoms with Crippen molar-refractivity contribution in [1.29, 1.82) is 0 Å². The zero-order chi connectivity index (χ0) is 16.3. The van der Waals surface area contributed by atoms with E-state index in [4.69, 9.17) is 18.6 Å². The van der Waals surface area contributed by atoms with Crippen LogP contribution in [-0.2, 0) is 23.4 Å². The van der Waals surface area contributed by atoms with Crippen molar-refractivity contribution in [1.82, 2.24) is 0 Å². The first-order valence-electron chi connectivity index (χ1n) is 7.52. The van der Waals surface area contributed by atoms with Gasteiger partial charge in [0.25, 0.3) is 0 Å². The molecule has 1 rings (SSSR count). The van der Waals surface area contributed by atoms with Gasteiger partial charge in [-0.1, -0.05) is 20.8 Å². The second-order valence-electron chi connectivity index (χ2n) is 7.32. The van der Waals surface area contributed by atoms with E-state index in [0.29, 0.717) is 19.6 Å². The Hall–Kier alpha value is -0.433. The van der Waals surface area contributed by atoms with Crippen molar-refractivity contribution in [3.05, 3.63) is 0 Å². The Balaban J connectivity index is 2.79. The molecule has 0 N–H and O–H groups in total. The predicted octanol–water partition coefficient (Wildman–Crippen LogP) is 3.09. The summed E-state index contributed by atoms with van der Waals surface area (Å²) < 4.78 is 22.5. The Kier molecular flexibility index (Phi) is 6.00. The van der Waals surface area contributed by atoms with Gasteiger partial charge >= 0.3 is 5.97 Å². The summed E-state index contributed by atoms with van der Waals surface area (Å²) in [6.45, 7) is 14.0. The fourth-order valence-corrected chi connectivity index (χ4v) is 3.46. The summed E-state index contributed by atoms with van der Waals surface area (Å²) in [4.78, 5) is 11.7. The normalized spacial score (nSPS) is 20.3. The first kappa shape index (κ1) is 18.6. The first-order valence-corrected chi connectivity index (χ1v) is 10.4. The van der Waals surface area contributed by atoms with Crippen LogP contribution in [0, 0.1) is 0 Å². The zero-order valence-corrected chi connectivity index (χ0v) is 15.4. The van der Waals surface area contributed by atoms with Crippen LogP contribution in [0.4, 0.5) is 0 Å². The molecular formula is C15H30O5Si. The smallest absolute Gasteiger partial charge is 0.308 e. The van der Waals surface area contributed by atoms with Gasteiger partial charge in [-0.2, -0.15) is 0 Å². The van der Waals surface area contributed by atoms with Gasteiger partial charge in [0.2, 0.25) is 0 Å². The van der Waals surface area contributed by atoms with E-state index in [1.54, 1.807) is 0 Å². The van der Waals surface area contributed by atoms with Gasteiger partial charge in [-0.25, -0.2) is 0 Å². The van der Waals surface area contributed by atoms with E-state index in [0.717, 1.165) is 0 Å². The van der Waals surface area contributed by atoms with Crippen LogP contribution >= 0.6 is 0 Å². The van der Waals surface area contributed by atoms with E-state index in [1.807, 2.05) is 6.92 Å². The predicted molar refractivity (Wildman–Crippen MR) is 83.6 cm³/mol. The molecule has 0 radical (unpaired) electrons. The largest absolute Gasteiger partial charge is 0.469 e. The van der Waals surface area contributed by atoms with E-state index in [2.05, 4.69) is 33.9 Å². The third-order valence-electron chi connectivity index (χ3n) is 4.39. The van der Waals surface area contributed by atoms with Gasteiger partial charge < -0.3 is 18.6 Å². The lowest BCUT2D eigenvalue weighted by atomic mass is 10.1. The van der Waals surface area contributed by atoms with E-state index < -0.39 is 14.1 Å². The van der Waals surface area contributed by atoms with Gasteiger partial charge in [-0.05, 0) is 25.1 Å². The molecular weight excluding hydrogens is 288 g/mol. The SMILES string of the molecule is COC(=O)CC(CC1(C)OCCO1)O[Si](C)(C)C(C)(C)C. The van der Waals surface area contributed by atoms with Crippen LogP contribution in [0.3, 0.4) is 0 Å². The van der Waals surface area contributed by atoms with Crippen molar-refractivity contribution >= 4 is 14.3 Å². The molecule has 0 spiro atoms. The highest BCUT2D eigenvalue weighted by Gasteiger charge is 2.42. The summed E-state index contributed by atoms with van der Waals surface area (Å²) in [6, 6.07) is 0. The monoisotopic (exact) mass is 318 g/mol. The van der Waals surface area contributed by atoms with Crippen molar-refractivity contribution in [3.63, 3.8) is 0 Å². The quantitative estimate of drug-likeness (QED) is 0.556. The number of rotatable bonds is 6. The highest BCUT2D eigenvalue weighted by Crippen LogP contribution is 2.39. The Morgan fingerprint density at radius 1 is 1.29 bits per heavy atom. The van der Waals surface area contributed by atoms with Crippen LogP contribution in [0.15, 0.2) is 0 Å². The van der Waals surface area contributed by atoms with Crippen LogP contribution < -0.4 is 0 Å². The second-order valence-corrected chi connectivity index (χ2v) is 12.1. The molecule has 124 valence electrons. The van der Waals surface area contributed by atoms with Gasteiger partial charge in [0.15, 0.2) is 14.1 Å². The number of carbonyl (C=O) groups is 1. The van der Waals surface area contributed by atoms with Crippen molar-refractivity contribution < 1.29 is 23.4 Å². The Bertz CT molecular complexity index is 356. The molecule has 0 aromatic heterocycles. The minimum absolute atomic E-state index is 0.0830. The number of hydrogen-bond acceptors (Lipinski definition) is 5. The molecule has 0 aromatic carbocycles. The summed E-state index contributed by atoms with van der Waals surface area (Å²) in [5.41, 5.74) is 0. The van der Waals surface area contributed by atoms with Gasteiger partial charge in [-0.15, -0.1) is 0 Å². The molecule has 1 unspecified atom stereocenters. The highest BCUT2D eigenvalue weighted by atomic mass is 28.4. The third kappa shape index (κ3) is 5.36. The summed E-state index contributed by atoms with van der Waals surface area (Å²) in [6.07, 6.45) is 0.515. The summed E-state index contributed by atoms with van der Waals surface area (Å²) in [7, 11) is -0.573. The number of methoxy groups -OCH3 is 1. The molecule has 1 aliphatic rings. The molecule has 0 saturated carbocycles. The van der Waals surface area contributed by atoms with Gasteiger partial charge in [-0.3, -0.25) is 4.79 Å². The van der Waals surface area contributed by atoms with Crippen LogP contribution in [0.25, 0.3) is 0 Å². The van der Waals surface area contributed by atoms with Gasteiger partial charge in [0.1, 0.15) is 0 Å². The van der Waals surface area contributed by atoms with Crippen molar-refractivity contribution in [2.75, 3.05) is 20.3 Å². The maximum absolute atomic E-state index is 11.7. The summed E-state index contributed by atoms with van der Waals surface area (Å²) >= 11 is 0. The molecule has 0 amide bonds. The van der Waals surface area contributed by atoms with Crippen LogP contribution in [-0.4, -0.2) is 46.5 Å². The van der Waals surface area contributed by atoms with Gasteiger partial charge in [0, 0.05) is 6.42 Å². The Morgan fingerprint density at radius 3 is 2.24 bits per heavy atom. The molecule has 0 aliphatic carbocycles. The lowest BCUT2D eigenvalue weighted by molar-refractivity contribution is -0.165. The maximum atomic E-state index is 11.7. The molecule has 1 saturated heterocycles. The lowest BCUT2D eigenvalue weighted by Crippen LogP contribution is -2.46. The summed E-state index contributed by atoms with van der Waals surface area (Å²) in [5, 5.41) is 0.0830. The molecule has 6 heteroatoms. The second kappa shape index (κ2) is 6.77. The third-order valence-corrected chi connectivity index (χ3v) is 8.92. The topological polar surface area (TPSA) is 54.0 Å². The number of ether oxygens (including phenoxy) is 3. The molecule has 1 fully saturated rings. The fourth-order valence-electron chi connectivity index (χ4n) is 2.11. The van der Waals surface area contributed by atoms with Crippen molar-refractivity contribution in [2.24, 2.45) is 0 Å². The first-order chi connectivity index (χ1) is 9.49. The van der Waals surface area contributed by atoms with Gasteiger partial charge in [0.05, 0.1) is 32.8 Å². The Labute approximate surface area is 129 Å². The standard InChI is InChI=1S/C15H30O5Si/c1-14(2,3)21(6,7)20-12(10-13(16)17-5)11-15(4)18-8-9-19-15/h12H,8-11H2,1-7H3. The van der Waals surface area contributed by atoms with Crippen molar-refractivity contribution in [2.45, 2.75) is 70.6 Å². The zero-order valence-electron chi connectivity index (χ0n) is 14.4. The number of hydrogen-bond donors (Lipinski definition) is 0. The molecule has 21 heavy (non-hydrogen) atoms. The minimum atomic E-state index is -1.97. The number of carbonyl (C=O) groups excluding carboxylic acids is 1. The average molecular weight is 318 g/mol. The van der Waals surface area contributed by atoms with Crippen LogP contribution in [0.5, 0.6) is 0 Å². The number of esters is 1. The Morgan fingerprint density at radius 2 is 1.81 bits per heavy atom. The van der Waals surface area contributed by atoms with E-state index in [9.17, 15) is 4.79 Å². The van der Waals surface area contributed by atoms with Crippen LogP contribution in [0.2, 0.25) is 18.1 Å². The van der Waals surface area contributed by atoms with E-state index in [-0.39, 0.29) is 23.5 Å². The lowest BCUT2D eigenvalue weighted by Gasteiger charge is -2.40. The molecule has 0 aromatic rings. The fraction of sp³-hybridized carbons (Fsp3) is 0.933. The average Bonchev–Trinajstić information content (AvgIpc) is 2.73. The minimum Gasteiger partial charge on any atom is -0.469 e. The van der Waals surface area contributed by atoms with E-state index >= 15 is 0 Å². The molecule has 0 bridgehead atoms. The molecule has 1 atom stereocenters. The van der Waals surface area contributed by atoms with Crippen LogP contribution in [0.1, 0.15) is 40.5 Å². The molecule has 1 aliphatic heterocycles. The maximum Gasteiger partial charge on any atom is 0.308 e. The summed E-state index contributed by atoms with van der Waals surface area (Å²) in [5.74, 6) is -0.929. The highest BCUT2D eigenvalue weighted by molar-refractivity contribution is 6.74. The molecule has 1 heterocycles.